The number of nitrogens with one attached hydrogen (secondary N) is 1. The average molecular weight is 299 g/mol. The largest absolute Gasteiger partial charge is 0.351 e. The molecule has 2 aromatic rings. The first-order valence-electron chi connectivity index (χ1n) is 7.28. The molecule has 6 nitrogen and oxygen atoms in total. The summed E-state index contributed by atoms with van der Waals surface area (Å²) in [6, 6.07) is 7.03. The monoisotopic (exact) mass is 299 g/mol. The van der Waals surface area contributed by atoms with Crippen LogP contribution in [0.25, 0.3) is 0 Å². The Morgan fingerprint density at radius 3 is 2.91 bits per heavy atom. The van der Waals surface area contributed by atoms with E-state index in [1.165, 1.54) is 12.3 Å². The second kappa shape index (κ2) is 6.01. The number of carbonyl (C=O) groups is 2. The molecule has 22 heavy (non-hydrogen) atoms. The Morgan fingerprint density at radius 1 is 1.32 bits per heavy atom. The molecule has 114 valence electrons. The fraction of sp³-hybridized carbons (Fsp3) is 0.312. The number of aryl methyl sites for hydroxylation is 1. The number of amides is 2. The second-order valence-corrected chi connectivity index (χ2v) is 5.33. The highest BCUT2D eigenvalue weighted by molar-refractivity contribution is 6.03. The summed E-state index contributed by atoms with van der Waals surface area (Å²) in [6.07, 6.45) is 3.94. The summed E-state index contributed by atoms with van der Waals surface area (Å²) >= 11 is 0. The van der Waals surface area contributed by atoms with Gasteiger partial charge in [-0.05, 0) is 37.5 Å². The summed E-state index contributed by atoms with van der Waals surface area (Å²) in [6.45, 7) is 2.68. The zero-order valence-electron chi connectivity index (χ0n) is 12.3. The summed E-state index contributed by atoms with van der Waals surface area (Å²) in [5.41, 5.74) is 2.48. The minimum atomic E-state index is -0.364. The lowest BCUT2D eigenvalue weighted by atomic mass is 10.1. The molecule has 0 atom stereocenters. The molecule has 1 saturated heterocycles. The molecule has 0 spiro atoms. The number of hydrogen-bond donors (Lipinski definition) is 1. The normalized spacial score (nSPS) is 15.0. The van der Waals surface area contributed by atoms with Crippen molar-refractivity contribution in [2.24, 2.45) is 0 Å². The Balaban J connectivity index is 1.83. The number of piperidine rings is 1. The van der Waals surface area contributed by atoms with Crippen LogP contribution in [0.5, 0.6) is 0 Å². The molecule has 0 saturated carbocycles. The summed E-state index contributed by atoms with van der Waals surface area (Å²) < 4.78 is 4.83. The van der Waals surface area contributed by atoms with Gasteiger partial charge in [0, 0.05) is 30.4 Å². The predicted molar refractivity (Wildman–Crippen MR) is 81.8 cm³/mol. The van der Waals surface area contributed by atoms with Crippen LogP contribution < -0.4 is 10.2 Å². The van der Waals surface area contributed by atoms with Crippen LogP contribution >= 0.6 is 0 Å². The molecule has 0 aliphatic carbocycles. The number of benzene rings is 1. The molecule has 0 bridgehead atoms. The SMILES string of the molecule is Cc1ccc(NC(=O)c2ccno2)cc1N1CCCCC1=O. The van der Waals surface area contributed by atoms with Crippen LogP contribution in [0.1, 0.15) is 35.4 Å². The van der Waals surface area contributed by atoms with E-state index in [0.29, 0.717) is 12.1 Å². The van der Waals surface area contributed by atoms with E-state index in [0.717, 1.165) is 30.6 Å². The lowest BCUT2D eigenvalue weighted by Crippen LogP contribution is -2.35. The minimum absolute atomic E-state index is 0.132. The molecular weight excluding hydrogens is 282 g/mol. The zero-order valence-corrected chi connectivity index (χ0v) is 12.3. The van der Waals surface area contributed by atoms with Gasteiger partial charge in [-0.3, -0.25) is 9.59 Å². The maximum atomic E-state index is 12.1. The highest BCUT2D eigenvalue weighted by Gasteiger charge is 2.21. The second-order valence-electron chi connectivity index (χ2n) is 5.33. The maximum Gasteiger partial charge on any atom is 0.294 e. The van der Waals surface area contributed by atoms with Crippen LogP contribution in [0.4, 0.5) is 11.4 Å². The predicted octanol–water partition coefficient (Wildman–Crippen LogP) is 2.75. The lowest BCUT2D eigenvalue weighted by molar-refractivity contribution is -0.119. The molecule has 1 N–H and O–H groups in total. The highest BCUT2D eigenvalue weighted by Crippen LogP contribution is 2.27. The first kappa shape index (κ1) is 14.3. The van der Waals surface area contributed by atoms with Gasteiger partial charge in [-0.2, -0.15) is 0 Å². The molecule has 3 rings (SSSR count). The van der Waals surface area contributed by atoms with Crippen molar-refractivity contribution >= 4 is 23.2 Å². The molecule has 1 aliphatic rings. The lowest BCUT2D eigenvalue weighted by Gasteiger charge is -2.28. The van der Waals surface area contributed by atoms with Crippen LogP contribution in [-0.2, 0) is 4.79 Å². The number of carbonyl (C=O) groups excluding carboxylic acids is 2. The zero-order chi connectivity index (χ0) is 15.5. The van der Waals surface area contributed by atoms with E-state index in [4.69, 9.17) is 4.52 Å². The quantitative estimate of drug-likeness (QED) is 0.945. The third-order valence-corrected chi connectivity index (χ3v) is 3.74. The maximum absolute atomic E-state index is 12.1. The molecule has 2 amide bonds. The van der Waals surface area contributed by atoms with Crippen LogP contribution in [-0.4, -0.2) is 23.5 Å². The molecular formula is C16H17N3O3. The van der Waals surface area contributed by atoms with Crippen molar-refractivity contribution < 1.29 is 14.1 Å². The van der Waals surface area contributed by atoms with Crippen LogP contribution in [0.3, 0.4) is 0 Å². The first-order chi connectivity index (χ1) is 10.6. The Kier molecular flexibility index (Phi) is 3.91. The third kappa shape index (κ3) is 2.86. The third-order valence-electron chi connectivity index (χ3n) is 3.74. The molecule has 1 aliphatic heterocycles. The van der Waals surface area contributed by atoms with E-state index < -0.39 is 0 Å². The molecule has 6 heteroatoms. The fourth-order valence-corrected chi connectivity index (χ4v) is 2.56. The summed E-state index contributed by atoms with van der Waals surface area (Å²) in [5, 5.41) is 6.27. The number of rotatable bonds is 3. The Labute approximate surface area is 128 Å². The number of aromatic nitrogens is 1. The van der Waals surface area contributed by atoms with E-state index in [9.17, 15) is 9.59 Å². The summed E-state index contributed by atoms with van der Waals surface area (Å²) in [7, 11) is 0. The minimum Gasteiger partial charge on any atom is -0.351 e. The van der Waals surface area contributed by atoms with Crippen LogP contribution in [0.2, 0.25) is 0 Å². The van der Waals surface area contributed by atoms with Crippen molar-refractivity contribution in [3.05, 3.63) is 41.8 Å². The van der Waals surface area contributed by atoms with Gasteiger partial charge < -0.3 is 14.7 Å². The Morgan fingerprint density at radius 2 is 2.18 bits per heavy atom. The molecule has 2 heterocycles. The highest BCUT2D eigenvalue weighted by atomic mass is 16.5. The van der Waals surface area contributed by atoms with Gasteiger partial charge in [-0.25, -0.2) is 0 Å². The van der Waals surface area contributed by atoms with Gasteiger partial charge in [0.05, 0.1) is 6.20 Å². The van der Waals surface area contributed by atoms with Gasteiger partial charge in [0.25, 0.3) is 5.91 Å². The number of anilines is 2. The van der Waals surface area contributed by atoms with Crippen molar-refractivity contribution in [3.8, 4) is 0 Å². The number of nitrogens with zero attached hydrogens (tertiary/aromatic N) is 2. The van der Waals surface area contributed by atoms with E-state index >= 15 is 0 Å². The van der Waals surface area contributed by atoms with Gasteiger partial charge in [-0.15, -0.1) is 0 Å². The van der Waals surface area contributed by atoms with Gasteiger partial charge in [0.1, 0.15) is 0 Å². The van der Waals surface area contributed by atoms with E-state index in [2.05, 4.69) is 10.5 Å². The summed E-state index contributed by atoms with van der Waals surface area (Å²) in [5.74, 6) is -0.0819. The van der Waals surface area contributed by atoms with Gasteiger partial charge in [0.2, 0.25) is 11.7 Å². The average Bonchev–Trinajstić information content (AvgIpc) is 3.04. The Bertz CT molecular complexity index is 695. The summed E-state index contributed by atoms with van der Waals surface area (Å²) in [4.78, 5) is 25.9. The van der Waals surface area contributed by atoms with Crippen molar-refractivity contribution in [3.63, 3.8) is 0 Å². The molecule has 1 fully saturated rings. The van der Waals surface area contributed by atoms with Crippen molar-refractivity contribution in [1.82, 2.24) is 5.16 Å². The molecule has 0 radical (unpaired) electrons. The van der Waals surface area contributed by atoms with E-state index in [1.54, 1.807) is 4.90 Å². The van der Waals surface area contributed by atoms with Crippen molar-refractivity contribution in [2.45, 2.75) is 26.2 Å². The molecule has 1 aromatic heterocycles. The standard InChI is InChI=1S/C16H17N3O3/c1-11-5-6-12(18-16(21)14-7-8-17-22-14)10-13(11)19-9-3-2-4-15(19)20/h5-8,10H,2-4,9H2,1H3,(H,18,21). The van der Waals surface area contributed by atoms with E-state index in [1.807, 2.05) is 25.1 Å². The fourth-order valence-electron chi connectivity index (χ4n) is 2.56. The smallest absolute Gasteiger partial charge is 0.294 e. The van der Waals surface area contributed by atoms with E-state index in [-0.39, 0.29) is 17.6 Å². The molecule has 0 unspecified atom stereocenters. The van der Waals surface area contributed by atoms with Crippen LogP contribution in [0, 0.1) is 6.92 Å². The van der Waals surface area contributed by atoms with Gasteiger partial charge in [-0.1, -0.05) is 11.2 Å². The molecule has 1 aromatic carbocycles. The van der Waals surface area contributed by atoms with Crippen molar-refractivity contribution in [2.75, 3.05) is 16.8 Å². The van der Waals surface area contributed by atoms with Gasteiger partial charge in [0.15, 0.2) is 0 Å². The number of hydrogen-bond acceptors (Lipinski definition) is 4. The van der Waals surface area contributed by atoms with Gasteiger partial charge >= 0.3 is 0 Å². The topological polar surface area (TPSA) is 75.4 Å². The first-order valence-corrected chi connectivity index (χ1v) is 7.28. The Hall–Kier alpha value is -2.63. The van der Waals surface area contributed by atoms with Crippen LogP contribution in [0.15, 0.2) is 35.0 Å². The van der Waals surface area contributed by atoms with Crippen molar-refractivity contribution in [1.29, 1.82) is 0 Å².